The minimum Gasteiger partial charge on any atom is -0.328 e. The molecule has 0 amide bonds. The number of thiophene rings is 1. The SMILES string of the molecule is Cc1sccc1C1(F)CCC(N)CC1. The van der Waals surface area contributed by atoms with Crippen molar-refractivity contribution in [3.63, 3.8) is 0 Å². The lowest BCUT2D eigenvalue weighted by molar-refractivity contribution is 0.0978. The van der Waals surface area contributed by atoms with Crippen LogP contribution in [0.3, 0.4) is 0 Å². The second-order valence-corrected chi connectivity index (χ2v) is 5.31. The molecule has 1 aliphatic rings. The molecule has 0 saturated heterocycles. The molecule has 2 N–H and O–H groups in total. The Morgan fingerprint density at radius 2 is 2.14 bits per heavy atom. The highest BCUT2D eigenvalue weighted by molar-refractivity contribution is 7.10. The lowest BCUT2D eigenvalue weighted by atomic mass is 9.79. The van der Waals surface area contributed by atoms with Crippen LogP contribution in [0.4, 0.5) is 4.39 Å². The van der Waals surface area contributed by atoms with Gasteiger partial charge in [-0.3, -0.25) is 0 Å². The van der Waals surface area contributed by atoms with Crippen LogP contribution in [0.15, 0.2) is 11.4 Å². The summed E-state index contributed by atoms with van der Waals surface area (Å²) in [6.07, 6.45) is 2.80. The van der Waals surface area contributed by atoms with Gasteiger partial charge >= 0.3 is 0 Å². The standard InChI is InChI=1S/C11H16FNS/c1-8-10(4-7-14-8)11(12)5-2-9(13)3-6-11/h4,7,9H,2-3,5-6,13H2,1H3. The summed E-state index contributed by atoms with van der Waals surface area (Å²) in [6, 6.07) is 2.13. The van der Waals surface area contributed by atoms with Gasteiger partial charge in [0.25, 0.3) is 0 Å². The zero-order valence-electron chi connectivity index (χ0n) is 8.42. The first-order chi connectivity index (χ1) is 6.62. The minimum atomic E-state index is -1.10. The molecule has 1 heterocycles. The highest BCUT2D eigenvalue weighted by Gasteiger charge is 2.37. The molecule has 0 unspecified atom stereocenters. The normalized spacial score (nSPS) is 33.2. The third kappa shape index (κ3) is 1.71. The predicted octanol–water partition coefficient (Wildman–Crippen LogP) is 3.12. The molecule has 78 valence electrons. The Hall–Kier alpha value is -0.410. The van der Waals surface area contributed by atoms with Crippen LogP contribution >= 0.6 is 11.3 Å². The first kappa shape index (κ1) is 10.1. The van der Waals surface area contributed by atoms with Gasteiger partial charge < -0.3 is 5.73 Å². The third-order valence-electron chi connectivity index (χ3n) is 3.16. The molecule has 0 bridgehead atoms. The monoisotopic (exact) mass is 213 g/mol. The Bertz CT molecular complexity index is 313. The van der Waals surface area contributed by atoms with E-state index in [1.54, 1.807) is 11.3 Å². The summed E-state index contributed by atoms with van der Waals surface area (Å²) in [5.41, 5.74) is 5.58. The second-order valence-electron chi connectivity index (χ2n) is 4.19. The Balaban J connectivity index is 2.21. The van der Waals surface area contributed by atoms with Gasteiger partial charge in [-0.2, -0.15) is 0 Å². The summed E-state index contributed by atoms with van der Waals surface area (Å²) in [7, 11) is 0. The summed E-state index contributed by atoms with van der Waals surface area (Å²) in [6.45, 7) is 2.00. The van der Waals surface area contributed by atoms with Crippen molar-refractivity contribution < 1.29 is 4.39 Å². The van der Waals surface area contributed by atoms with Crippen LogP contribution in [-0.4, -0.2) is 6.04 Å². The summed E-state index contributed by atoms with van der Waals surface area (Å²) in [4.78, 5) is 1.11. The Labute approximate surface area is 88.1 Å². The van der Waals surface area contributed by atoms with E-state index in [1.165, 1.54) is 0 Å². The average Bonchev–Trinajstić information content (AvgIpc) is 2.58. The van der Waals surface area contributed by atoms with E-state index >= 15 is 0 Å². The number of hydrogen-bond acceptors (Lipinski definition) is 2. The molecule has 0 radical (unpaired) electrons. The molecule has 14 heavy (non-hydrogen) atoms. The van der Waals surface area contributed by atoms with Crippen molar-refractivity contribution >= 4 is 11.3 Å². The summed E-state index contributed by atoms with van der Waals surface area (Å²) < 4.78 is 14.5. The van der Waals surface area contributed by atoms with Crippen LogP contribution in [-0.2, 0) is 5.67 Å². The molecular formula is C11H16FNS. The lowest BCUT2D eigenvalue weighted by Gasteiger charge is -2.32. The van der Waals surface area contributed by atoms with Crippen molar-refractivity contribution in [2.24, 2.45) is 5.73 Å². The van der Waals surface area contributed by atoms with Gasteiger partial charge in [-0.25, -0.2) is 4.39 Å². The number of aryl methyl sites for hydroxylation is 1. The maximum absolute atomic E-state index is 14.5. The molecule has 0 spiro atoms. The molecule has 2 rings (SSSR count). The van der Waals surface area contributed by atoms with E-state index in [4.69, 9.17) is 5.73 Å². The minimum absolute atomic E-state index is 0.206. The van der Waals surface area contributed by atoms with Gasteiger partial charge in [0.05, 0.1) is 0 Å². The fourth-order valence-corrected chi connectivity index (χ4v) is 3.00. The largest absolute Gasteiger partial charge is 0.328 e. The third-order valence-corrected chi connectivity index (χ3v) is 4.01. The van der Waals surface area contributed by atoms with E-state index in [0.717, 1.165) is 23.3 Å². The average molecular weight is 213 g/mol. The second kappa shape index (κ2) is 3.63. The molecule has 0 aliphatic heterocycles. The highest BCUT2D eigenvalue weighted by Crippen LogP contribution is 2.42. The Morgan fingerprint density at radius 3 is 2.64 bits per heavy atom. The van der Waals surface area contributed by atoms with E-state index in [9.17, 15) is 4.39 Å². The molecule has 1 fully saturated rings. The van der Waals surface area contributed by atoms with Crippen LogP contribution < -0.4 is 5.73 Å². The van der Waals surface area contributed by atoms with E-state index in [2.05, 4.69) is 0 Å². The summed E-state index contributed by atoms with van der Waals surface area (Å²) >= 11 is 1.63. The number of hydrogen-bond donors (Lipinski definition) is 1. The predicted molar refractivity (Wildman–Crippen MR) is 58.3 cm³/mol. The number of halogens is 1. The first-order valence-electron chi connectivity index (χ1n) is 5.11. The van der Waals surface area contributed by atoms with Gasteiger partial charge in [0.15, 0.2) is 0 Å². The van der Waals surface area contributed by atoms with Crippen molar-refractivity contribution in [2.45, 2.75) is 44.3 Å². The van der Waals surface area contributed by atoms with Crippen LogP contribution in [0.1, 0.15) is 36.1 Å². The topological polar surface area (TPSA) is 26.0 Å². The van der Waals surface area contributed by atoms with Crippen LogP contribution in [0.2, 0.25) is 0 Å². The first-order valence-corrected chi connectivity index (χ1v) is 5.99. The number of nitrogens with two attached hydrogens (primary N) is 1. The smallest absolute Gasteiger partial charge is 0.137 e. The van der Waals surface area contributed by atoms with E-state index in [-0.39, 0.29) is 6.04 Å². The van der Waals surface area contributed by atoms with Gasteiger partial charge in [0.2, 0.25) is 0 Å². The van der Waals surface area contributed by atoms with Gasteiger partial charge in [-0.15, -0.1) is 11.3 Å². The van der Waals surface area contributed by atoms with Gasteiger partial charge in [0.1, 0.15) is 5.67 Å². The van der Waals surface area contributed by atoms with E-state index in [1.807, 2.05) is 18.4 Å². The van der Waals surface area contributed by atoms with Crippen molar-refractivity contribution in [1.82, 2.24) is 0 Å². The van der Waals surface area contributed by atoms with Gasteiger partial charge in [-0.05, 0) is 44.1 Å². The van der Waals surface area contributed by atoms with Crippen molar-refractivity contribution in [3.05, 3.63) is 21.9 Å². The van der Waals surface area contributed by atoms with Crippen molar-refractivity contribution in [3.8, 4) is 0 Å². The van der Waals surface area contributed by atoms with E-state index < -0.39 is 5.67 Å². The number of alkyl halides is 1. The summed E-state index contributed by atoms with van der Waals surface area (Å²) in [5, 5.41) is 1.97. The number of rotatable bonds is 1. The molecule has 3 heteroatoms. The van der Waals surface area contributed by atoms with Crippen molar-refractivity contribution in [2.75, 3.05) is 0 Å². The summed E-state index contributed by atoms with van der Waals surface area (Å²) in [5.74, 6) is 0. The quantitative estimate of drug-likeness (QED) is 0.762. The molecule has 1 aliphatic carbocycles. The molecule has 1 nitrogen and oxygen atoms in total. The van der Waals surface area contributed by atoms with Crippen molar-refractivity contribution in [1.29, 1.82) is 0 Å². The lowest BCUT2D eigenvalue weighted by Crippen LogP contribution is -2.34. The molecule has 0 aromatic carbocycles. The van der Waals surface area contributed by atoms with Gasteiger partial charge in [0, 0.05) is 16.5 Å². The molecule has 1 saturated carbocycles. The fourth-order valence-electron chi connectivity index (χ4n) is 2.22. The van der Waals surface area contributed by atoms with Gasteiger partial charge in [-0.1, -0.05) is 0 Å². The molecular weight excluding hydrogens is 197 g/mol. The fraction of sp³-hybridized carbons (Fsp3) is 0.636. The Kier molecular flexibility index (Phi) is 2.62. The van der Waals surface area contributed by atoms with Crippen LogP contribution in [0, 0.1) is 6.92 Å². The maximum atomic E-state index is 14.5. The Morgan fingerprint density at radius 1 is 1.50 bits per heavy atom. The molecule has 1 aromatic heterocycles. The highest BCUT2D eigenvalue weighted by atomic mass is 32.1. The molecule has 0 atom stereocenters. The van der Waals surface area contributed by atoms with Crippen LogP contribution in [0.5, 0.6) is 0 Å². The van der Waals surface area contributed by atoms with E-state index in [0.29, 0.717) is 12.8 Å². The zero-order chi connectivity index (χ0) is 10.2. The molecule has 1 aromatic rings. The maximum Gasteiger partial charge on any atom is 0.137 e. The zero-order valence-corrected chi connectivity index (χ0v) is 9.24. The van der Waals surface area contributed by atoms with Crippen LogP contribution in [0.25, 0.3) is 0 Å².